The van der Waals surface area contributed by atoms with Crippen LogP contribution in [0.3, 0.4) is 0 Å². The van der Waals surface area contributed by atoms with Gasteiger partial charge >= 0.3 is 0 Å². The summed E-state index contributed by atoms with van der Waals surface area (Å²) >= 11 is 0. The summed E-state index contributed by atoms with van der Waals surface area (Å²) in [5.74, 6) is 1.01. The van der Waals surface area contributed by atoms with Gasteiger partial charge in [0, 0.05) is 25.5 Å². The van der Waals surface area contributed by atoms with E-state index in [0.29, 0.717) is 0 Å². The molecule has 0 bridgehead atoms. The van der Waals surface area contributed by atoms with Gasteiger partial charge in [-0.1, -0.05) is 6.92 Å². The zero-order valence-electron chi connectivity index (χ0n) is 12.9. The number of rotatable bonds is 6. The maximum atomic E-state index is 13.3. The van der Waals surface area contributed by atoms with Crippen molar-refractivity contribution in [2.75, 3.05) is 26.2 Å². The van der Waals surface area contributed by atoms with Crippen molar-refractivity contribution in [3.63, 3.8) is 0 Å². The molecule has 1 aliphatic heterocycles. The number of hydrogen-bond donors (Lipinski definition) is 1. The summed E-state index contributed by atoms with van der Waals surface area (Å²) in [5, 5.41) is 7.78. The molecule has 1 aliphatic carbocycles. The number of piperidine rings is 1. The van der Waals surface area contributed by atoms with Gasteiger partial charge in [0.25, 0.3) is 5.91 Å². The van der Waals surface area contributed by atoms with Crippen LogP contribution in [0.25, 0.3) is 0 Å². The first kappa shape index (κ1) is 14.6. The van der Waals surface area contributed by atoms with Crippen molar-refractivity contribution < 1.29 is 4.79 Å². The van der Waals surface area contributed by atoms with Crippen LogP contribution in [0.15, 0.2) is 18.5 Å². The summed E-state index contributed by atoms with van der Waals surface area (Å²) in [4.78, 5) is 15.4. The molecule has 0 radical (unpaired) electrons. The summed E-state index contributed by atoms with van der Waals surface area (Å²) < 4.78 is 1.91. The van der Waals surface area contributed by atoms with Gasteiger partial charge < -0.3 is 10.2 Å². The Kier molecular flexibility index (Phi) is 4.29. The van der Waals surface area contributed by atoms with Gasteiger partial charge in [0.1, 0.15) is 5.54 Å². The molecule has 0 unspecified atom stereocenters. The van der Waals surface area contributed by atoms with Gasteiger partial charge in [-0.3, -0.25) is 9.48 Å². The predicted molar refractivity (Wildman–Crippen MR) is 81.9 cm³/mol. The van der Waals surface area contributed by atoms with E-state index < -0.39 is 5.54 Å². The van der Waals surface area contributed by atoms with Gasteiger partial charge in [-0.25, -0.2) is 0 Å². The lowest BCUT2D eigenvalue weighted by atomic mass is 9.86. The topological polar surface area (TPSA) is 50.2 Å². The van der Waals surface area contributed by atoms with Gasteiger partial charge in [0.15, 0.2) is 0 Å². The number of amides is 1. The highest BCUT2D eigenvalue weighted by Gasteiger charge is 2.45. The third kappa shape index (κ3) is 2.98. The number of nitrogens with zero attached hydrogens (tertiary/aromatic N) is 3. The Labute approximate surface area is 126 Å². The van der Waals surface area contributed by atoms with E-state index in [9.17, 15) is 4.79 Å². The molecule has 1 N–H and O–H groups in total. The van der Waals surface area contributed by atoms with Crippen molar-refractivity contribution in [3.05, 3.63) is 18.5 Å². The third-order valence-corrected chi connectivity index (χ3v) is 4.73. The lowest BCUT2D eigenvalue weighted by molar-refractivity contribution is -0.143. The van der Waals surface area contributed by atoms with Crippen molar-refractivity contribution in [1.82, 2.24) is 20.0 Å². The molecule has 2 heterocycles. The molecule has 21 heavy (non-hydrogen) atoms. The monoisotopic (exact) mass is 290 g/mol. The predicted octanol–water partition coefficient (Wildman–Crippen LogP) is 1.61. The molecule has 1 saturated heterocycles. The number of carbonyl (C=O) groups excluding carboxylic acids is 1. The maximum absolute atomic E-state index is 13.3. The van der Waals surface area contributed by atoms with Crippen molar-refractivity contribution in [1.29, 1.82) is 0 Å². The Balaban J connectivity index is 1.85. The molecule has 2 aliphatic rings. The van der Waals surface area contributed by atoms with Crippen LogP contribution in [0.1, 0.15) is 39.0 Å². The number of hydrogen-bond acceptors (Lipinski definition) is 3. The maximum Gasteiger partial charge on any atom is 0.250 e. The van der Waals surface area contributed by atoms with Crippen LogP contribution in [-0.2, 0) is 10.3 Å². The highest BCUT2D eigenvalue weighted by molar-refractivity contribution is 5.84. The van der Waals surface area contributed by atoms with Crippen LogP contribution >= 0.6 is 0 Å². The van der Waals surface area contributed by atoms with Gasteiger partial charge in [-0.05, 0) is 57.2 Å². The molecule has 1 amide bonds. The van der Waals surface area contributed by atoms with Gasteiger partial charge in [0.05, 0.1) is 0 Å². The van der Waals surface area contributed by atoms with Gasteiger partial charge in [-0.2, -0.15) is 5.10 Å². The van der Waals surface area contributed by atoms with E-state index in [1.807, 2.05) is 16.9 Å². The first-order valence-electron chi connectivity index (χ1n) is 8.26. The number of carbonyl (C=O) groups is 1. The van der Waals surface area contributed by atoms with Crippen LogP contribution < -0.4 is 5.32 Å². The van der Waals surface area contributed by atoms with Crippen molar-refractivity contribution >= 4 is 5.91 Å². The molecule has 5 heteroatoms. The Morgan fingerprint density at radius 3 is 2.76 bits per heavy atom. The molecular weight excluding hydrogens is 264 g/mol. The standard InChI is InChI=1S/C16H26N4O/c1-2-11-19(13-14-4-5-14)15(21)16(6-9-17-10-7-16)20-12-3-8-18-20/h3,8,12,14,17H,2,4-7,9-11,13H2,1H3. The van der Waals surface area contributed by atoms with E-state index in [1.54, 1.807) is 6.20 Å². The summed E-state index contributed by atoms with van der Waals surface area (Å²) in [6, 6.07) is 1.92. The SMILES string of the molecule is CCCN(CC1CC1)C(=O)C1(n2cccn2)CCNCC1. The minimum absolute atomic E-state index is 0.279. The number of nitrogens with one attached hydrogen (secondary N) is 1. The highest BCUT2D eigenvalue weighted by atomic mass is 16.2. The molecule has 1 aromatic heterocycles. The molecule has 2 fully saturated rings. The molecule has 5 nitrogen and oxygen atoms in total. The summed E-state index contributed by atoms with van der Waals surface area (Å²) in [7, 11) is 0. The van der Waals surface area contributed by atoms with E-state index in [1.165, 1.54) is 12.8 Å². The molecule has 1 saturated carbocycles. The highest BCUT2D eigenvalue weighted by Crippen LogP contribution is 2.34. The lowest BCUT2D eigenvalue weighted by Crippen LogP contribution is -2.56. The molecule has 0 aromatic carbocycles. The van der Waals surface area contributed by atoms with Gasteiger partial charge in [0.2, 0.25) is 0 Å². The summed E-state index contributed by atoms with van der Waals surface area (Å²) in [6.07, 6.45) is 8.98. The molecule has 0 spiro atoms. The minimum atomic E-state index is -0.473. The first-order chi connectivity index (χ1) is 10.3. The zero-order chi connectivity index (χ0) is 14.7. The van der Waals surface area contributed by atoms with Crippen molar-refractivity contribution in [3.8, 4) is 0 Å². The Morgan fingerprint density at radius 1 is 1.43 bits per heavy atom. The van der Waals surface area contributed by atoms with E-state index in [0.717, 1.165) is 51.4 Å². The lowest BCUT2D eigenvalue weighted by Gasteiger charge is -2.40. The summed E-state index contributed by atoms with van der Waals surface area (Å²) in [5.41, 5.74) is -0.473. The van der Waals surface area contributed by atoms with E-state index in [2.05, 4.69) is 22.2 Å². The number of aromatic nitrogens is 2. The normalized spacial score (nSPS) is 21.2. The van der Waals surface area contributed by atoms with Crippen molar-refractivity contribution in [2.24, 2.45) is 5.92 Å². The van der Waals surface area contributed by atoms with E-state index >= 15 is 0 Å². The van der Waals surface area contributed by atoms with Crippen LogP contribution in [0.2, 0.25) is 0 Å². The third-order valence-electron chi connectivity index (χ3n) is 4.73. The Morgan fingerprint density at radius 2 is 2.19 bits per heavy atom. The molecule has 3 rings (SSSR count). The second-order valence-electron chi connectivity index (χ2n) is 6.43. The Hall–Kier alpha value is -1.36. The fourth-order valence-corrected chi connectivity index (χ4v) is 3.36. The molecule has 0 atom stereocenters. The average molecular weight is 290 g/mol. The molecule has 1 aromatic rings. The van der Waals surface area contributed by atoms with Crippen LogP contribution in [0.4, 0.5) is 0 Å². The largest absolute Gasteiger partial charge is 0.340 e. The average Bonchev–Trinajstić information content (AvgIpc) is 3.16. The zero-order valence-corrected chi connectivity index (χ0v) is 12.9. The van der Waals surface area contributed by atoms with Crippen molar-refractivity contribution in [2.45, 2.75) is 44.6 Å². The minimum Gasteiger partial charge on any atom is -0.340 e. The summed E-state index contributed by atoms with van der Waals surface area (Å²) in [6.45, 7) is 5.72. The van der Waals surface area contributed by atoms with Crippen LogP contribution in [-0.4, -0.2) is 46.8 Å². The second kappa shape index (κ2) is 6.18. The smallest absolute Gasteiger partial charge is 0.250 e. The van der Waals surface area contributed by atoms with E-state index in [-0.39, 0.29) is 5.91 Å². The van der Waals surface area contributed by atoms with Gasteiger partial charge in [-0.15, -0.1) is 0 Å². The first-order valence-corrected chi connectivity index (χ1v) is 8.26. The quantitative estimate of drug-likeness (QED) is 0.866. The molecule has 116 valence electrons. The second-order valence-corrected chi connectivity index (χ2v) is 6.43. The fourth-order valence-electron chi connectivity index (χ4n) is 3.36. The van der Waals surface area contributed by atoms with Crippen LogP contribution in [0, 0.1) is 5.92 Å². The van der Waals surface area contributed by atoms with E-state index in [4.69, 9.17) is 0 Å². The fraction of sp³-hybridized carbons (Fsp3) is 0.750. The Bertz CT molecular complexity index is 461. The molecular formula is C16H26N4O. The van der Waals surface area contributed by atoms with Crippen LogP contribution in [0.5, 0.6) is 0 Å².